The molecule has 0 atom stereocenters. The molecule has 0 amide bonds. The molecule has 0 N–H and O–H groups in total. The number of aryl methyl sites for hydroxylation is 3. The lowest BCUT2D eigenvalue weighted by molar-refractivity contribution is 0.562. The summed E-state index contributed by atoms with van der Waals surface area (Å²) in [6.45, 7) is 0.792. The maximum atomic E-state index is 13.6. The number of benzene rings is 1. The number of rotatable bonds is 6. The highest BCUT2D eigenvalue weighted by molar-refractivity contribution is 5.54. The topological polar surface area (TPSA) is 66.3 Å². The van der Waals surface area contributed by atoms with Gasteiger partial charge in [0, 0.05) is 44.0 Å². The average Bonchev–Trinajstić information content (AvgIpc) is 3.36. The molecule has 7 nitrogen and oxygen atoms in total. The van der Waals surface area contributed by atoms with Crippen LogP contribution in [-0.2, 0) is 20.0 Å². The number of halogens is 1. The van der Waals surface area contributed by atoms with Crippen LogP contribution in [0.1, 0.15) is 12.2 Å². The van der Waals surface area contributed by atoms with Gasteiger partial charge in [0.25, 0.3) is 0 Å². The van der Waals surface area contributed by atoms with Gasteiger partial charge in [-0.2, -0.15) is 14.9 Å². The highest BCUT2D eigenvalue weighted by atomic mass is 19.1. The molecule has 0 unspecified atom stereocenters. The quantitative estimate of drug-likeness (QED) is 0.536. The third-order valence-corrected chi connectivity index (χ3v) is 4.12. The molecule has 0 radical (unpaired) electrons. The lowest BCUT2D eigenvalue weighted by Crippen LogP contribution is -2.09. The second kappa shape index (κ2) is 6.91. The SMILES string of the molecule is Cn1nccc1-n1nc(-c2cccc(F)c2)nc1CCCn1cccn1. The van der Waals surface area contributed by atoms with E-state index in [0.717, 1.165) is 24.6 Å². The van der Waals surface area contributed by atoms with Gasteiger partial charge < -0.3 is 0 Å². The molecule has 0 aliphatic carbocycles. The van der Waals surface area contributed by atoms with Gasteiger partial charge in [-0.15, -0.1) is 5.10 Å². The molecule has 132 valence electrons. The molecule has 4 rings (SSSR count). The first-order chi connectivity index (χ1) is 12.7. The van der Waals surface area contributed by atoms with Crippen LogP contribution >= 0.6 is 0 Å². The summed E-state index contributed by atoms with van der Waals surface area (Å²) < 4.78 is 19.0. The third-order valence-electron chi connectivity index (χ3n) is 4.12. The van der Waals surface area contributed by atoms with Crippen molar-refractivity contribution in [2.75, 3.05) is 0 Å². The van der Waals surface area contributed by atoms with Crippen LogP contribution in [0.2, 0.25) is 0 Å². The van der Waals surface area contributed by atoms with Crippen molar-refractivity contribution in [2.24, 2.45) is 7.05 Å². The summed E-state index contributed by atoms with van der Waals surface area (Å²) in [7, 11) is 1.85. The van der Waals surface area contributed by atoms with Crippen molar-refractivity contribution < 1.29 is 4.39 Å². The smallest absolute Gasteiger partial charge is 0.181 e. The van der Waals surface area contributed by atoms with Crippen LogP contribution in [0.5, 0.6) is 0 Å². The van der Waals surface area contributed by atoms with Crippen molar-refractivity contribution in [2.45, 2.75) is 19.4 Å². The molecule has 0 aliphatic rings. The summed E-state index contributed by atoms with van der Waals surface area (Å²) in [5.41, 5.74) is 0.652. The van der Waals surface area contributed by atoms with Crippen molar-refractivity contribution in [3.8, 4) is 17.2 Å². The fraction of sp³-hybridized carbons (Fsp3) is 0.222. The van der Waals surface area contributed by atoms with Crippen LogP contribution in [0, 0.1) is 5.82 Å². The van der Waals surface area contributed by atoms with E-state index < -0.39 is 0 Å². The predicted octanol–water partition coefficient (Wildman–Crippen LogP) is 2.64. The Labute approximate surface area is 149 Å². The molecule has 0 saturated heterocycles. The fourth-order valence-electron chi connectivity index (χ4n) is 2.85. The highest BCUT2D eigenvalue weighted by Gasteiger charge is 2.15. The molecule has 3 aromatic heterocycles. The van der Waals surface area contributed by atoms with Crippen LogP contribution in [0.15, 0.2) is 55.0 Å². The Morgan fingerprint density at radius 2 is 2.00 bits per heavy atom. The summed E-state index contributed by atoms with van der Waals surface area (Å²) in [4.78, 5) is 4.65. The third kappa shape index (κ3) is 3.26. The molecular formula is C18H18FN7. The second-order valence-electron chi connectivity index (χ2n) is 5.96. The molecule has 1 aromatic carbocycles. The largest absolute Gasteiger partial charge is 0.273 e. The molecule has 0 fully saturated rings. The molecule has 3 heterocycles. The Morgan fingerprint density at radius 3 is 2.73 bits per heavy atom. The van der Waals surface area contributed by atoms with Crippen LogP contribution in [0.4, 0.5) is 4.39 Å². The fourth-order valence-corrected chi connectivity index (χ4v) is 2.85. The summed E-state index contributed by atoms with van der Waals surface area (Å²) in [6, 6.07) is 10.1. The molecule has 26 heavy (non-hydrogen) atoms. The zero-order chi connectivity index (χ0) is 17.9. The zero-order valence-corrected chi connectivity index (χ0v) is 14.3. The van der Waals surface area contributed by atoms with E-state index in [1.807, 2.05) is 30.1 Å². The van der Waals surface area contributed by atoms with E-state index in [-0.39, 0.29) is 5.82 Å². The Kier molecular flexibility index (Phi) is 4.30. The van der Waals surface area contributed by atoms with Gasteiger partial charge in [0.15, 0.2) is 11.6 Å². The summed E-state index contributed by atoms with van der Waals surface area (Å²) in [6.07, 6.45) is 6.99. The van der Waals surface area contributed by atoms with Crippen LogP contribution in [0.3, 0.4) is 0 Å². The summed E-state index contributed by atoms with van der Waals surface area (Å²) in [5.74, 6) is 1.81. The maximum absolute atomic E-state index is 13.6. The van der Waals surface area contributed by atoms with Crippen molar-refractivity contribution >= 4 is 0 Å². The summed E-state index contributed by atoms with van der Waals surface area (Å²) in [5, 5.41) is 13.0. The predicted molar refractivity (Wildman–Crippen MR) is 94.1 cm³/mol. The van der Waals surface area contributed by atoms with E-state index in [1.54, 1.807) is 33.9 Å². The standard InChI is InChI=1S/C18H18FN7/c1-24-17(8-10-20-24)26-16(7-3-11-25-12-4-9-21-25)22-18(23-26)14-5-2-6-15(19)13-14/h2,4-6,8-10,12-13H,3,7,11H2,1H3. The van der Waals surface area contributed by atoms with Gasteiger partial charge in [0.05, 0.1) is 6.20 Å². The molecule has 8 heteroatoms. The molecule has 0 aliphatic heterocycles. The minimum Gasteiger partial charge on any atom is -0.273 e. The average molecular weight is 351 g/mol. The van der Waals surface area contributed by atoms with Crippen molar-refractivity contribution in [1.29, 1.82) is 0 Å². The molecule has 0 spiro atoms. The van der Waals surface area contributed by atoms with E-state index in [9.17, 15) is 4.39 Å². The molecular weight excluding hydrogens is 333 g/mol. The first-order valence-corrected chi connectivity index (χ1v) is 8.38. The van der Waals surface area contributed by atoms with Crippen LogP contribution in [-0.4, -0.2) is 34.3 Å². The summed E-state index contributed by atoms with van der Waals surface area (Å²) >= 11 is 0. The van der Waals surface area contributed by atoms with Gasteiger partial charge >= 0.3 is 0 Å². The van der Waals surface area contributed by atoms with Crippen molar-refractivity contribution in [3.05, 3.63) is 66.6 Å². The minimum atomic E-state index is -0.306. The van der Waals surface area contributed by atoms with Crippen molar-refractivity contribution in [1.82, 2.24) is 34.3 Å². The van der Waals surface area contributed by atoms with Gasteiger partial charge in [0.1, 0.15) is 11.6 Å². The zero-order valence-electron chi connectivity index (χ0n) is 14.3. The Hall–Kier alpha value is -3.29. The Morgan fingerprint density at radius 1 is 1.08 bits per heavy atom. The number of hydrogen-bond donors (Lipinski definition) is 0. The van der Waals surface area contributed by atoms with Gasteiger partial charge in [-0.1, -0.05) is 12.1 Å². The lowest BCUT2D eigenvalue weighted by atomic mass is 10.2. The second-order valence-corrected chi connectivity index (χ2v) is 5.96. The van der Waals surface area contributed by atoms with E-state index in [2.05, 4.69) is 20.3 Å². The molecule has 0 bridgehead atoms. The van der Waals surface area contributed by atoms with Gasteiger partial charge in [0.2, 0.25) is 0 Å². The maximum Gasteiger partial charge on any atom is 0.181 e. The number of aromatic nitrogens is 7. The van der Waals surface area contributed by atoms with E-state index >= 15 is 0 Å². The minimum absolute atomic E-state index is 0.306. The monoisotopic (exact) mass is 351 g/mol. The first-order valence-electron chi connectivity index (χ1n) is 8.38. The Bertz CT molecular complexity index is 1000. The van der Waals surface area contributed by atoms with Gasteiger partial charge in [-0.3, -0.25) is 9.36 Å². The van der Waals surface area contributed by atoms with Gasteiger partial charge in [-0.25, -0.2) is 9.37 Å². The van der Waals surface area contributed by atoms with E-state index in [0.29, 0.717) is 17.8 Å². The normalized spacial score (nSPS) is 11.2. The number of nitrogens with zero attached hydrogens (tertiary/aromatic N) is 7. The first kappa shape index (κ1) is 16.2. The highest BCUT2D eigenvalue weighted by Crippen LogP contribution is 2.20. The Balaban J connectivity index is 1.65. The van der Waals surface area contributed by atoms with Crippen LogP contribution < -0.4 is 0 Å². The van der Waals surface area contributed by atoms with Gasteiger partial charge in [-0.05, 0) is 24.6 Å². The van der Waals surface area contributed by atoms with Crippen LogP contribution in [0.25, 0.3) is 17.2 Å². The number of hydrogen-bond acceptors (Lipinski definition) is 4. The van der Waals surface area contributed by atoms with E-state index in [4.69, 9.17) is 0 Å². The van der Waals surface area contributed by atoms with Crippen molar-refractivity contribution in [3.63, 3.8) is 0 Å². The molecule has 4 aromatic rings. The molecule has 0 saturated carbocycles. The van der Waals surface area contributed by atoms with E-state index in [1.165, 1.54) is 12.1 Å². The lowest BCUT2D eigenvalue weighted by Gasteiger charge is -2.06.